The van der Waals surface area contributed by atoms with Gasteiger partial charge in [0.05, 0.1) is 17.4 Å². The predicted molar refractivity (Wildman–Crippen MR) is 92.3 cm³/mol. The summed E-state index contributed by atoms with van der Waals surface area (Å²) >= 11 is 0. The van der Waals surface area contributed by atoms with Crippen molar-refractivity contribution in [3.8, 4) is 0 Å². The van der Waals surface area contributed by atoms with Gasteiger partial charge in [-0.1, -0.05) is 36.4 Å². The van der Waals surface area contributed by atoms with Crippen LogP contribution in [-0.4, -0.2) is 36.9 Å². The average molecular weight is 344 g/mol. The van der Waals surface area contributed by atoms with E-state index in [1.54, 1.807) is 12.4 Å². The van der Waals surface area contributed by atoms with E-state index >= 15 is 0 Å². The molecule has 3 rings (SSSR count). The number of nitrogens with one attached hydrogen (secondary N) is 1. The van der Waals surface area contributed by atoms with Gasteiger partial charge in [0.2, 0.25) is 5.91 Å². The van der Waals surface area contributed by atoms with Crippen molar-refractivity contribution in [3.05, 3.63) is 66.0 Å². The average Bonchev–Trinajstić information content (AvgIpc) is 2.93. The standard InChI is InChI=1S/C18H20N2O3S/c21-18(20-16-8-10-24(22,23)13-16)17(15-6-2-1-3-7-15)11-14-5-4-9-19-12-14/h1-7,9,12,16-17H,8,10-11,13H2,(H,20,21). The van der Waals surface area contributed by atoms with Crippen LogP contribution >= 0.6 is 0 Å². The Bertz CT molecular complexity index is 792. The molecule has 1 aliphatic rings. The van der Waals surface area contributed by atoms with E-state index < -0.39 is 9.84 Å². The number of aromatic nitrogens is 1. The Hall–Kier alpha value is -2.21. The minimum atomic E-state index is -3.02. The molecule has 0 aliphatic carbocycles. The largest absolute Gasteiger partial charge is 0.352 e. The van der Waals surface area contributed by atoms with Crippen LogP contribution in [0.1, 0.15) is 23.5 Å². The molecule has 2 atom stereocenters. The van der Waals surface area contributed by atoms with Crippen molar-refractivity contribution in [1.29, 1.82) is 0 Å². The van der Waals surface area contributed by atoms with Gasteiger partial charge in [-0.2, -0.15) is 0 Å². The van der Waals surface area contributed by atoms with E-state index in [1.165, 1.54) is 0 Å². The van der Waals surface area contributed by atoms with Gasteiger partial charge in [-0.25, -0.2) is 8.42 Å². The van der Waals surface area contributed by atoms with Gasteiger partial charge in [-0.3, -0.25) is 9.78 Å². The molecule has 2 aromatic rings. The molecule has 1 amide bonds. The van der Waals surface area contributed by atoms with Gasteiger partial charge < -0.3 is 5.32 Å². The van der Waals surface area contributed by atoms with Crippen LogP contribution in [0, 0.1) is 0 Å². The second-order valence-corrected chi connectivity index (χ2v) is 8.37. The topological polar surface area (TPSA) is 76.1 Å². The molecule has 126 valence electrons. The maximum atomic E-state index is 12.8. The number of carbonyl (C=O) groups excluding carboxylic acids is 1. The molecule has 5 nitrogen and oxygen atoms in total. The van der Waals surface area contributed by atoms with Crippen LogP contribution in [0.4, 0.5) is 0 Å². The first-order valence-electron chi connectivity index (χ1n) is 7.98. The van der Waals surface area contributed by atoms with Gasteiger partial charge in [0.15, 0.2) is 9.84 Å². The van der Waals surface area contributed by atoms with Crippen LogP contribution in [0.2, 0.25) is 0 Å². The van der Waals surface area contributed by atoms with Gasteiger partial charge in [0.25, 0.3) is 0 Å². The monoisotopic (exact) mass is 344 g/mol. The molecular formula is C18H20N2O3S. The molecule has 1 aliphatic heterocycles. The number of benzene rings is 1. The summed E-state index contributed by atoms with van der Waals surface area (Å²) in [6, 6.07) is 13.1. The fourth-order valence-corrected chi connectivity index (χ4v) is 4.69. The first-order chi connectivity index (χ1) is 11.5. The molecule has 1 aromatic heterocycles. The van der Waals surface area contributed by atoms with Gasteiger partial charge in [0, 0.05) is 18.4 Å². The van der Waals surface area contributed by atoms with Crippen LogP contribution in [0.3, 0.4) is 0 Å². The first-order valence-corrected chi connectivity index (χ1v) is 9.80. The Balaban J connectivity index is 1.78. The van der Waals surface area contributed by atoms with Crippen molar-refractivity contribution < 1.29 is 13.2 Å². The van der Waals surface area contributed by atoms with Crippen molar-refractivity contribution in [1.82, 2.24) is 10.3 Å². The van der Waals surface area contributed by atoms with E-state index in [4.69, 9.17) is 0 Å². The minimum Gasteiger partial charge on any atom is -0.352 e. The number of nitrogens with zero attached hydrogens (tertiary/aromatic N) is 1. The number of rotatable bonds is 5. The molecule has 1 saturated heterocycles. The normalized spacial score (nSPS) is 20.4. The molecule has 0 saturated carbocycles. The summed E-state index contributed by atoms with van der Waals surface area (Å²) in [6.45, 7) is 0. The lowest BCUT2D eigenvalue weighted by molar-refractivity contribution is -0.123. The Kier molecular flexibility index (Phi) is 4.94. The zero-order valence-corrected chi connectivity index (χ0v) is 14.1. The third kappa shape index (κ3) is 4.20. The van der Waals surface area contributed by atoms with Gasteiger partial charge in [-0.15, -0.1) is 0 Å². The highest BCUT2D eigenvalue weighted by atomic mass is 32.2. The zero-order valence-electron chi connectivity index (χ0n) is 13.3. The van der Waals surface area contributed by atoms with Gasteiger partial charge in [0.1, 0.15) is 0 Å². The quantitative estimate of drug-likeness (QED) is 0.896. The number of sulfone groups is 1. The van der Waals surface area contributed by atoms with Crippen molar-refractivity contribution in [2.45, 2.75) is 24.8 Å². The lowest BCUT2D eigenvalue weighted by Gasteiger charge is -2.20. The second kappa shape index (κ2) is 7.13. The molecule has 1 fully saturated rings. The molecule has 2 unspecified atom stereocenters. The maximum absolute atomic E-state index is 12.8. The number of carbonyl (C=O) groups is 1. The van der Waals surface area contributed by atoms with Crippen LogP contribution in [0.25, 0.3) is 0 Å². The highest BCUT2D eigenvalue weighted by Gasteiger charge is 2.31. The smallest absolute Gasteiger partial charge is 0.228 e. The van der Waals surface area contributed by atoms with Crippen molar-refractivity contribution in [3.63, 3.8) is 0 Å². The Morgan fingerprint density at radius 2 is 2.00 bits per heavy atom. The van der Waals surface area contributed by atoms with E-state index in [0.29, 0.717) is 12.8 Å². The third-order valence-corrected chi connectivity index (χ3v) is 6.03. The first kappa shape index (κ1) is 16.6. The maximum Gasteiger partial charge on any atom is 0.228 e. The summed E-state index contributed by atoms with van der Waals surface area (Å²) in [5.41, 5.74) is 1.89. The Labute approximate surface area is 142 Å². The molecule has 24 heavy (non-hydrogen) atoms. The SMILES string of the molecule is O=C(NC1CCS(=O)(=O)C1)C(Cc1cccnc1)c1ccccc1. The number of hydrogen-bond donors (Lipinski definition) is 1. The van der Waals surface area contributed by atoms with Gasteiger partial charge >= 0.3 is 0 Å². The van der Waals surface area contributed by atoms with Crippen LogP contribution in [0.15, 0.2) is 54.9 Å². The number of amides is 1. The Morgan fingerprint density at radius 1 is 1.21 bits per heavy atom. The second-order valence-electron chi connectivity index (χ2n) is 6.14. The summed E-state index contributed by atoms with van der Waals surface area (Å²) in [6.07, 6.45) is 4.47. The lowest BCUT2D eigenvalue weighted by Crippen LogP contribution is -2.39. The van der Waals surface area contributed by atoms with E-state index in [2.05, 4.69) is 10.3 Å². The summed E-state index contributed by atoms with van der Waals surface area (Å²) in [7, 11) is -3.02. The minimum absolute atomic E-state index is 0.0349. The van der Waals surface area contributed by atoms with Crippen molar-refractivity contribution in [2.24, 2.45) is 0 Å². The molecule has 2 heterocycles. The predicted octanol–water partition coefficient (Wildman–Crippen LogP) is 1.71. The molecule has 0 spiro atoms. The Morgan fingerprint density at radius 3 is 2.62 bits per heavy atom. The zero-order chi connectivity index (χ0) is 17.0. The highest BCUT2D eigenvalue weighted by Crippen LogP contribution is 2.22. The van der Waals surface area contributed by atoms with Crippen LogP contribution in [-0.2, 0) is 21.1 Å². The van der Waals surface area contributed by atoms with E-state index in [9.17, 15) is 13.2 Å². The highest BCUT2D eigenvalue weighted by molar-refractivity contribution is 7.91. The molecule has 6 heteroatoms. The molecule has 0 bridgehead atoms. The molecular weight excluding hydrogens is 324 g/mol. The summed E-state index contributed by atoms with van der Waals surface area (Å²) < 4.78 is 23.2. The van der Waals surface area contributed by atoms with Gasteiger partial charge in [-0.05, 0) is 30.0 Å². The van der Waals surface area contributed by atoms with Crippen molar-refractivity contribution >= 4 is 15.7 Å². The fraction of sp³-hybridized carbons (Fsp3) is 0.333. The third-order valence-electron chi connectivity index (χ3n) is 4.26. The van der Waals surface area contributed by atoms with Crippen molar-refractivity contribution in [2.75, 3.05) is 11.5 Å². The number of pyridine rings is 1. The molecule has 0 radical (unpaired) electrons. The fourth-order valence-electron chi connectivity index (χ4n) is 3.01. The number of hydrogen-bond acceptors (Lipinski definition) is 4. The molecule has 1 aromatic carbocycles. The summed E-state index contributed by atoms with van der Waals surface area (Å²) in [5, 5.41) is 2.91. The van der Waals surface area contributed by atoms with E-state index in [1.807, 2.05) is 42.5 Å². The molecule has 1 N–H and O–H groups in total. The van der Waals surface area contributed by atoms with E-state index in [-0.39, 0.29) is 29.4 Å². The van der Waals surface area contributed by atoms with Crippen LogP contribution < -0.4 is 5.32 Å². The van der Waals surface area contributed by atoms with Crippen LogP contribution in [0.5, 0.6) is 0 Å². The summed E-state index contributed by atoms with van der Waals surface area (Å²) in [4.78, 5) is 16.9. The lowest BCUT2D eigenvalue weighted by atomic mass is 9.91. The van der Waals surface area contributed by atoms with E-state index in [0.717, 1.165) is 11.1 Å². The summed E-state index contributed by atoms with van der Waals surface area (Å²) in [5.74, 6) is -0.310.